The van der Waals surface area contributed by atoms with Crippen molar-refractivity contribution in [2.24, 2.45) is 34.5 Å². The molecule has 0 spiro atoms. The maximum atomic E-state index is 14.2. The maximum absolute atomic E-state index is 14.2. The van der Waals surface area contributed by atoms with Gasteiger partial charge >= 0.3 is 0 Å². The fourth-order valence-corrected chi connectivity index (χ4v) is 7.68. The summed E-state index contributed by atoms with van der Waals surface area (Å²) >= 11 is 0. The number of aliphatic hydroxyl groups is 1. The van der Waals surface area contributed by atoms with Crippen LogP contribution in [0.5, 0.6) is 5.75 Å². The minimum absolute atomic E-state index is 0.0256. The van der Waals surface area contributed by atoms with E-state index >= 15 is 0 Å². The highest BCUT2D eigenvalue weighted by Gasteiger charge is 2.76. The van der Waals surface area contributed by atoms with Crippen LogP contribution in [0.1, 0.15) is 62.5 Å². The number of fused-ring (bicyclic) bond motifs is 3. The third kappa shape index (κ3) is 3.44. The number of hydrogen-bond donors (Lipinski definition) is 2. The Labute approximate surface area is 215 Å². The molecule has 0 amide bonds. The van der Waals surface area contributed by atoms with Gasteiger partial charge < -0.3 is 10.2 Å². The van der Waals surface area contributed by atoms with Gasteiger partial charge in [-0.05, 0) is 60.3 Å². The molecule has 4 rings (SSSR count). The van der Waals surface area contributed by atoms with Crippen LogP contribution < -0.4 is 0 Å². The zero-order chi connectivity index (χ0) is 27.8. The Morgan fingerprint density at radius 1 is 1.16 bits per heavy atom. The van der Waals surface area contributed by atoms with Gasteiger partial charge in [-0.2, -0.15) is 0 Å². The van der Waals surface area contributed by atoms with Gasteiger partial charge in [0, 0.05) is 11.3 Å². The van der Waals surface area contributed by atoms with E-state index in [4.69, 9.17) is 0 Å². The molecule has 2 fully saturated rings. The number of benzene rings is 1. The molecule has 7 nitrogen and oxygen atoms in total. The van der Waals surface area contributed by atoms with E-state index in [1.165, 1.54) is 13.0 Å². The molecule has 0 heterocycles. The van der Waals surface area contributed by atoms with Crippen LogP contribution in [-0.4, -0.2) is 51.4 Å². The van der Waals surface area contributed by atoms with Gasteiger partial charge in [0.1, 0.15) is 24.1 Å². The molecule has 3 aliphatic rings. The van der Waals surface area contributed by atoms with E-state index in [1.807, 2.05) is 0 Å². The summed E-state index contributed by atoms with van der Waals surface area (Å²) in [4.78, 5) is 67.5. The van der Waals surface area contributed by atoms with Gasteiger partial charge in [-0.1, -0.05) is 40.3 Å². The van der Waals surface area contributed by atoms with Crippen LogP contribution in [0, 0.1) is 34.5 Å². The van der Waals surface area contributed by atoms with Gasteiger partial charge in [-0.25, -0.2) is 4.39 Å². The lowest BCUT2D eigenvalue weighted by atomic mass is 9.40. The fraction of sp³-hybridized carbons (Fsp3) is 0.552. The van der Waals surface area contributed by atoms with E-state index in [0.29, 0.717) is 11.1 Å². The molecule has 3 unspecified atom stereocenters. The molecule has 0 aromatic heterocycles. The Morgan fingerprint density at radius 3 is 2.32 bits per heavy atom. The Kier molecular flexibility index (Phi) is 6.22. The number of alkyl halides is 1. The number of phenolic OH excluding ortho intramolecular Hbond substituents is 1. The van der Waals surface area contributed by atoms with Crippen molar-refractivity contribution in [2.75, 3.05) is 6.67 Å². The third-order valence-electron chi connectivity index (χ3n) is 8.99. The number of phenols is 1. The van der Waals surface area contributed by atoms with E-state index in [9.17, 15) is 38.6 Å². The molecule has 0 aliphatic heterocycles. The molecular formula is C29H33FO7. The van der Waals surface area contributed by atoms with Crippen molar-refractivity contribution >= 4 is 28.9 Å². The van der Waals surface area contributed by atoms with Crippen LogP contribution in [0.4, 0.5) is 4.39 Å². The largest absolute Gasteiger partial charge is 0.507 e. The summed E-state index contributed by atoms with van der Waals surface area (Å²) in [6, 6.07) is 2.90. The minimum Gasteiger partial charge on any atom is -0.507 e. The molecule has 0 radical (unpaired) electrons. The summed E-state index contributed by atoms with van der Waals surface area (Å²) in [5.74, 6) is -9.32. The topological polar surface area (TPSA) is 126 Å². The molecule has 8 heteroatoms. The first-order valence-corrected chi connectivity index (χ1v) is 12.5. The highest BCUT2D eigenvalue weighted by Crippen LogP contribution is 2.63. The lowest BCUT2D eigenvalue weighted by Crippen LogP contribution is -2.76. The third-order valence-corrected chi connectivity index (χ3v) is 8.99. The standard InChI is InChI=1S/C29H33FO7/c1-13(2)21-23(33)19(15(4)31)25(35)29(37)26(36)22-24(34)20-17(10-27(22,5)12-28(21,29)6)16(7-8-18(20)32)9-14(3)11-30/h7-8,13,19,21-22,32,37H,3,9-12H2,1-2,4-6H3/t19?,21?,22?,27-,28-,29+/m1/s1. The van der Waals surface area contributed by atoms with Crippen LogP contribution >= 0.6 is 0 Å². The quantitative estimate of drug-likeness (QED) is 0.458. The molecule has 1 aromatic rings. The molecule has 0 bridgehead atoms. The lowest BCUT2D eigenvalue weighted by molar-refractivity contribution is -0.205. The minimum atomic E-state index is -2.72. The average molecular weight is 513 g/mol. The van der Waals surface area contributed by atoms with Crippen LogP contribution in [-0.2, 0) is 32.0 Å². The number of ketones is 5. The molecule has 2 N–H and O–H groups in total. The second-order valence-electron chi connectivity index (χ2n) is 12.0. The molecule has 1 aromatic carbocycles. The van der Waals surface area contributed by atoms with Gasteiger partial charge in [0.15, 0.2) is 28.7 Å². The van der Waals surface area contributed by atoms with Crippen LogP contribution in [0.3, 0.4) is 0 Å². The van der Waals surface area contributed by atoms with Gasteiger partial charge in [-0.15, -0.1) is 0 Å². The first-order valence-electron chi connectivity index (χ1n) is 12.5. The predicted molar refractivity (Wildman–Crippen MR) is 132 cm³/mol. The second kappa shape index (κ2) is 8.51. The Balaban J connectivity index is 1.96. The predicted octanol–water partition coefficient (Wildman–Crippen LogP) is 3.16. The van der Waals surface area contributed by atoms with E-state index in [2.05, 4.69) is 6.58 Å². The van der Waals surface area contributed by atoms with Crippen molar-refractivity contribution in [3.05, 3.63) is 41.0 Å². The second-order valence-corrected chi connectivity index (χ2v) is 12.0. The van der Waals surface area contributed by atoms with Gasteiger partial charge in [-0.3, -0.25) is 24.0 Å². The Bertz CT molecular complexity index is 1280. The zero-order valence-corrected chi connectivity index (χ0v) is 21.8. The van der Waals surface area contributed by atoms with Gasteiger partial charge in [0.2, 0.25) is 0 Å². The number of Topliss-reactive ketones (excluding diaryl/α,β-unsaturated/α-hetero) is 5. The van der Waals surface area contributed by atoms with E-state index in [0.717, 1.165) is 6.92 Å². The molecule has 6 atom stereocenters. The number of carbonyl (C=O) groups is 5. The lowest BCUT2D eigenvalue weighted by Gasteiger charge is -2.61. The first kappa shape index (κ1) is 27.0. The molecule has 3 aliphatic carbocycles. The van der Waals surface area contributed by atoms with Crippen molar-refractivity contribution in [1.82, 2.24) is 0 Å². The van der Waals surface area contributed by atoms with Crippen molar-refractivity contribution in [2.45, 2.75) is 59.5 Å². The Hall–Kier alpha value is -3.00. The summed E-state index contributed by atoms with van der Waals surface area (Å²) in [6.45, 7) is 10.7. The smallest absolute Gasteiger partial charge is 0.190 e. The molecule has 0 saturated heterocycles. The fourth-order valence-electron chi connectivity index (χ4n) is 7.68. The van der Waals surface area contributed by atoms with Crippen LogP contribution in [0.15, 0.2) is 24.3 Å². The highest BCUT2D eigenvalue weighted by atomic mass is 19.1. The summed E-state index contributed by atoms with van der Waals surface area (Å²) in [7, 11) is 0. The summed E-state index contributed by atoms with van der Waals surface area (Å²) in [6.07, 6.45) is 0.235. The highest BCUT2D eigenvalue weighted by molar-refractivity contribution is 6.32. The number of rotatable bonds is 5. The van der Waals surface area contributed by atoms with Crippen molar-refractivity contribution in [3.63, 3.8) is 0 Å². The van der Waals surface area contributed by atoms with Crippen molar-refractivity contribution < 1.29 is 38.6 Å². The zero-order valence-electron chi connectivity index (χ0n) is 21.8. The van der Waals surface area contributed by atoms with Gasteiger partial charge in [0.05, 0.1) is 11.5 Å². The number of halogens is 1. The summed E-state index contributed by atoms with van der Waals surface area (Å²) in [5, 5.41) is 22.6. The van der Waals surface area contributed by atoms with Gasteiger partial charge in [0.25, 0.3) is 0 Å². The SMILES string of the molecule is C=C(CF)Cc1ccc(O)c2c1C[C@]1(C)C[C@]3(C)C(C(C)C)C(=O)C(C(C)=O)C(=O)[C@]3(O)C(=O)C1C2=O. The summed E-state index contributed by atoms with van der Waals surface area (Å²) < 4.78 is 13.2. The summed E-state index contributed by atoms with van der Waals surface area (Å²) in [5.41, 5.74) is -4.15. The molecule has 198 valence electrons. The van der Waals surface area contributed by atoms with E-state index in [-0.39, 0.29) is 36.1 Å². The van der Waals surface area contributed by atoms with Crippen LogP contribution in [0.25, 0.3) is 0 Å². The van der Waals surface area contributed by atoms with E-state index in [1.54, 1.807) is 26.8 Å². The maximum Gasteiger partial charge on any atom is 0.190 e. The van der Waals surface area contributed by atoms with Crippen molar-refractivity contribution in [1.29, 1.82) is 0 Å². The normalized spacial score (nSPS) is 35.2. The number of aromatic hydroxyl groups is 1. The first-order chi connectivity index (χ1) is 17.1. The Morgan fingerprint density at radius 2 is 1.78 bits per heavy atom. The molecule has 37 heavy (non-hydrogen) atoms. The number of hydrogen-bond acceptors (Lipinski definition) is 7. The van der Waals surface area contributed by atoms with Crippen molar-refractivity contribution in [3.8, 4) is 5.75 Å². The molecule has 2 saturated carbocycles. The number of allylic oxidation sites excluding steroid dienone is 1. The average Bonchev–Trinajstić information content (AvgIpc) is 2.77. The van der Waals surface area contributed by atoms with E-state index < -0.39 is 75.7 Å². The monoisotopic (exact) mass is 512 g/mol. The molecular weight excluding hydrogens is 479 g/mol. The van der Waals surface area contributed by atoms with Crippen LogP contribution in [0.2, 0.25) is 0 Å². The number of carbonyl (C=O) groups excluding carboxylic acids is 5.